The molecular formula is C11H7F3O3S. The number of rotatable bonds is 2. The van der Waals surface area contributed by atoms with Crippen LogP contribution in [0.3, 0.4) is 0 Å². The third kappa shape index (κ3) is 2.32. The van der Waals surface area contributed by atoms with Crippen LogP contribution in [0.1, 0.15) is 16.5 Å². The van der Waals surface area contributed by atoms with Crippen molar-refractivity contribution in [3.63, 3.8) is 0 Å². The summed E-state index contributed by atoms with van der Waals surface area (Å²) in [6.45, 7) is 0. The number of fused-ring (bicyclic) bond motifs is 1. The summed E-state index contributed by atoms with van der Waals surface area (Å²) in [4.78, 5) is 10.7. The first kappa shape index (κ1) is 12.8. The highest BCUT2D eigenvalue weighted by Gasteiger charge is 2.30. The molecule has 3 nitrogen and oxygen atoms in total. The molecule has 0 bridgehead atoms. The summed E-state index contributed by atoms with van der Waals surface area (Å²) in [7, 11) is 0. The van der Waals surface area contributed by atoms with E-state index in [9.17, 15) is 23.1 Å². The summed E-state index contributed by atoms with van der Waals surface area (Å²) < 4.78 is 37.7. The number of halogens is 3. The van der Waals surface area contributed by atoms with Gasteiger partial charge in [0, 0.05) is 9.58 Å². The number of carboxylic acid groups (broad SMARTS) is 1. The maximum Gasteiger partial charge on any atom is 0.416 e. The molecule has 0 saturated carbocycles. The average molecular weight is 276 g/mol. The minimum absolute atomic E-state index is 0.108. The molecule has 1 atom stereocenters. The number of benzene rings is 1. The predicted molar refractivity (Wildman–Crippen MR) is 59.4 cm³/mol. The Morgan fingerprint density at radius 3 is 2.50 bits per heavy atom. The summed E-state index contributed by atoms with van der Waals surface area (Å²) in [5.41, 5.74) is -0.798. The maximum absolute atomic E-state index is 12.5. The van der Waals surface area contributed by atoms with Gasteiger partial charge in [0.2, 0.25) is 0 Å². The number of hydrogen-bond acceptors (Lipinski definition) is 3. The van der Waals surface area contributed by atoms with Crippen LogP contribution < -0.4 is 0 Å². The highest BCUT2D eigenvalue weighted by molar-refractivity contribution is 7.19. The van der Waals surface area contributed by atoms with E-state index in [1.807, 2.05) is 0 Å². The van der Waals surface area contributed by atoms with Gasteiger partial charge >= 0.3 is 12.1 Å². The van der Waals surface area contributed by atoms with E-state index >= 15 is 0 Å². The Morgan fingerprint density at radius 2 is 1.94 bits per heavy atom. The Hall–Kier alpha value is -1.60. The number of alkyl halides is 3. The number of thiophene rings is 1. The highest BCUT2D eigenvalue weighted by atomic mass is 32.1. The second kappa shape index (κ2) is 4.25. The molecule has 0 spiro atoms. The van der Waals surface area contributed by atoms with Crippen molar-refractivity contribution >= 4 is 27.4 Å². The van der Waals surface area contributed by atoms with Gasteiger partial charge < -0.3 is 10.2 Å². The van der Waals surface area contributed by atoms with Crippen LogP contribution in [0.5, 0.6) is 0 Å². The van der Waals surface area contributed by atoms with E-state index in [1.54, 1.807) is 0 Å². The number of aliphatic carboxylic acids is 1. The lowest BCUT2D eigenvalue weighted by Gasteiger charge is -2.05. The Kier molecular flexibility index (Phi) is 3.04. The molecule has 0 aliphatic rings. The van der Waals surface area contributed by atoms with Gasteiger partial charge in [0.25, 0.3) is 0 Å². The van der Waals surface area contributed by atoms with Gasteiger partial charge in [-0.3, -0.25) is 0 Å². The lowest BCUT2D eigenvalue weighted by atomic mass is 10.1. The molecule has 0 aliphatic carbocycles. The molecule has 1 aromatic heterocycles. The first-order valence-electron chi connectivity index (χ1n) is 4.80. The average Bonchev–Trinajstić information content (AvgIpc) is 2.68. The molecule has 1 aromatic carbocycles. The van der Waals surface area contributed by atoms with Crippen LogP contribution in [-0.2, 0) is 11.0 Å². The smallest absolute Gasteiger partial charge is 0.416 e. The molecular weight excluding hydrogens is 269 g/mol. The molecule has 2 N–H and O–H groups in total. The highest BCUT2D eigenvalue weighted by Crippen LogP contribution is 2.35. The van der Waals surface area contributed by atoms with Gasteiger partial charge in [0.1, 0.15) is 0 Å². The van der Waals surface area contributed by atoms with Crippen LogP contribution >= 0.6 is 11.3 Å². The SMILES string of the molecule is O=C(O)C(O)c1cc2ccc(C(F)(F)F)cc2s1. The molecule has 2 aromatic rings. The molecule has 96 valence electrons. The van der Waals surface area contributed by atoms with Gasteiger partial charge in [0.15, 0.2) is 6.10 Å². The monoisotopic (exact) mass is 276 g/mol. The van der Waals surface area contributed by atoms with Crippen LogP contribution in [-0.4, -0.2) is 16.2 Å². The molecule has 1 heterocycles. The Morgan fingerprint density at radius 1 is 1.28 bits per heavy atom. The van der Waals surface area contributed by atoms with Crippen molar-refractivity contribution in [2.75, 3.05) is 0 Å². The van der Waals surface area contributed by atoms with Gasteiger partial charge in [-0.1, -0.05) is 6.07 Å². The van der Waals surface area contributed by atoms with Gasteiger partial charge in [-0.25, -0.2) is 4.79 Å². The van der Waals surface area contributed by atoms with Crippen molar-refractivity contribution in [1.82, 2.24) is 0 Å². The van der Waals surface area contributed by atoms with Crippen molar-refractivity contribution in [2.45, 2.75) is 12.3 Å². The summed E-state index contributed by atoms with van der Waals surface area (Å²) in [6, 6.07) is 4.50. The van der Waals surface area contributed by atoms with Crippen LogP contribution in [0, 0.1) is 0 Å². The van der Waals surface area contributed by atoms with E-state index in [1.165, 1.54) is 12.1 Å². The van der Waals surface area contributed by atoms with Crippen molar-refractivity contribution in [2.24, 2.45) is 0 Å². The molecule has 0 saturated heterocycles. The van der Waals surface area contributed by atoms with Crippen molar-refractivity contribution < 1.29 is 28.2 Å². The van der Waals surface area contributed by atoms with E-state index in [4.69, 9.17) is 5.11 Å². The molecule has 2 rings (SSSR count). The first-order valence-corrected chi connectivity index (χ1v) is 5.62. The van der Waals surface area contributed by atoms with Crippen molar-refractivity contribution in [1.29, 1.82) is 0 Å². The fourth-order valence-corrected chi connectivity index (χ4v) is 2.57. The summed E-state index contributed by atoms with van der Waals surface area (Å²) >= 11 is 0.833. The number of carboxylic acids is 1. The number of aliphatic hydroxyl groups excluding tert-OH is 1. The van der Waals surface area contributed by atoms with E-state index in [0.717, 1.165) is 23.5 Å². The zero-order valence-corrected chi connectivity index (χ0v) is 9.55. The second-order valence-electron chi connectivity index (χ2n) is 3.64. The summed E-state index contributed by atoms with van der Waals surface area (Å²) in [5, 5.41) is 18.4. The zero-order chi connectivity index (χ0) is 13.5. The second-order valence-corrected chi connectivity index (χ2v) is 4.76. The molecule has 7 heteroatoms. The fraction of sp³-hybridized carbons (Fsp3) is 0.182. The Balaban J connectivity index is 2.49. The topological polar surface area (TPSA) is 57.5 Å². The van der Waals surface area contributed by atoms with Crippen LogP contribution in [0.15, 0.2) is 24.3 Å². The standard InChI is InChI=1S/C11H7F3O3S/c12-11(13,14)6-2-1-5-3-8(9(15)10(16)17)18-7(5)4-6/h1-4,9,15H,(H,16,17). The van der Waals surface area contributed by atoms with E-state index < -0.39 is 23.8 Å². The van der Waals surface area contributed by atoms with Crippen LogP contribution in [0.4, 0.5) is 13.2 Å². The van der Waals surface area contributed by atoms with Crippen molar-refractivity contribution in [3.8, 4) is 0 Å². The van der Waals surface area contributed by atoms with E-state index in [0.29, 0.717) is 10.1 Å². The van der Waals surface area contributed by atoms with Crippen molar-refractivity contribution in [3.05, 3.63) is 34.7 Å². The number of carbonyl (C=O) groups is 1. The summed E-state index contributed by atoms with van der Waals surface area (Å²) in [6.07, 6.45) is -6.15. The van der Waals surface area contributed by atoms with Gasteiger partial charge in [0.05, 0.1) is 5.56 Å². The fourth-order valence-electron chi connectivity index (χ4n) is 1.48. The Labute approximate surface area is 103 Å². The van der Waals surface area contributed by atoms with Gasteiger partial charge in [-0.2, -0.15) is 13.2 Å². The van der Waals surface area contributed by atoms with Crippen LogP contribution in [0.25, 0.3) is 10.1 Å². The predicted octanol–water partition coefficient (Wildman–Crippen LogP) is 3.04. The molecule has 0 amide bonds. The molecule has 1 unspecified atom stereocenters. The number of aliphatic hydroxyl groups is 1. The minimum Gasteiger partial charge on any atom is -0.479 e. The van der Waals surface area contributed by atoms with E-state index in [-0.39, 0.29) is 4.88 Å². The zero-order valence-electron chi connectivity index (χ0n) is 8.73. The molecule has 0 fully saturated rings. The van der Waals surface area contributed by atoms with Gasteiger partial charge in [-0.05, 0) is 23.6 Å². The van der Waals surface area contributed by atoms with Gasteiger partial charge in [-0.15, -0.1) is 11.3 Å². The first-order chi connectivity index (χ1) is 8.29. The Bertz CT molecular complexity index is 603. The molecule has 0 aliphatic heterocycles. The molecule has 0 radical (unpaired) electrons. The number of hydrogen-bond donors (Lipinski definition) is 2. The quantitative estimate of drug-likeness (QED) is 0.886. The largest absolute Gasteiger partial charge is 0.479 e. The lowest BCUT2D eigenvalue weighted by Crippen LogP contribution is -2.08. The van der Waals surface area contributed by atoms with E-state index in [2.05, 4.69) is 0 Å². The normalized spacial score (nSPS) is 13.8. The minimum atomic E-state index is -4.44. The van der Waals surface area contributed by atoms with Crippen LogP contribution in [0.2, 0.25) is 0 Å². The summed E-state index contributed by atoms with van der Waals surface area (Å²) in [5.74, 6) is -1.43. The third-order valence-corrected chi connectivity index (χ3v) is 3.52. The molecule has 18 heavy (non-hydrogen) atoms. The third-order valence-electron chi connectivity index (χ3n) is 2.37. The lowest BCUT2D eigenvalue weighted by molar-refractivity contribution is -0.146. The maximum atomic E-state index is 12.5.